The highest BCUT2D eigenvalue weighted by molar-refractivity contribution is 5.19. The molecule has 1 atom stereocenters. The third kappa shape index (κ3) is 2.93. The Hall–Kier alpha value is -0.870. The first-order valence-corrected chi connectivity index (χ1v) is 7.01. The van der Waals surface area contributed by atoms with E-state index in [0.29, 0.717) is 6.54 Å². The molecular weight excluding hydrogens is 226 g/mol. The molecule has 18 heavy (non-hydrogen) atoms. The lowest BCUT2D eigenvalue weighted by Crippen LogP contribution is -2.34. The van der Waals surface area contributed by atoms with Gasteiger partial charge in [-0.3, -0.25) is 0 Å². The molecule has 0 saturated heterocycles. The van der Waals surface area contributed by atoms with Crippen LogP contribution in [0.4, 0.5) is 0 Å². The second-order valence-corrected chi connectivity index (χ2v) is 5.72. The summed E-state index contributed by atoms with van der Waals surface area (Å²) in [5.74, 6) is 1.12. The molecule has 2 rings (SSSR count). The van der Waals surface area contributed by atoms with Crippen LogP contribution >= 0.6 is 0 Å². The average molecular weight is 251 g/mol. The molecule has 0 fully saturated rings. The van der Waals surface area contributed by atoms with E-state index in [1.807, 2.05) is 6.92 Å². The van der Waals surface area contributed by atoms with Gasteiger partial charge in [-0.25, -0.2) is 4.98 Å². The van der Waals surface area contributed by atoms with E-state index in [4.69, 9.17) is 5.73 Å². The van der Waals surface area contributed by atoms with Crippen LogP contribution in [0.2, 0.25) is 0 Å². The number of aliphatic hydroxyl groups is 1. The monoisotopic (exact) mass is 251 g/mol. The fourth-order valence-corrected chi connectivity index (χ4v) is 2.75. The number of aromatic nitrogens is 2. The Morgan fingerprint density at radius 2 is 2.11 bits per heavy atom. The predicted molar refractivity (Wildman–Crippen MR) is 72.5 cm³/mol. The molecular formula is C14H25N3O. The molecule has 0 saturated carbocycles. The van der Waals surface area contributed by atoms with Crippen molar-refractivity contribution in [2.45, 2.75) is 64.5 Å². The average Bonchev–Trinajstić information content (AvgIpc) is 2.66. The normalized spacial score (nSPS) is 18.4. The van der Waals surface area contributed by atoms with Gasteiger partial charge in [0.25, 0.3) is 0 Å². The van der Waals surface area contributed by atoms with Crippen LogP contribution in [0.1, 0.15) is 49.8 Å². The van der Waals surface area contributed by atoms with Crippen molar-refractivity contribution in [2.75, 3.05) is 6.54 Å². The molecule has 4 nitrogen and oxygen atoms in total. The van der Waals surface area contributed by atoms with Crippen LogP contribution in [-0.4, -0.2) is 26.8 Å². The summed E-state index contributed by atoms with van der Waals surface area (Å²) in [6.07, 6.45) is 6.53. The van der Waals surface area contributed by atoms with E-state index >= 15 is 0 Å². The molecule has 1 heterocycles. The van der Waals surface area contributed by atoms with Gasteiger partial charge in [0.2, 0.25) is 0 Å². The summed E-state index contributed by atoms with van der Waals surface area (Å²) in [7, 11) is 0. The lowest BCUT2D eigenvalue weighted by Gasteiger charge is -2.21. The van der Waals surface area contributed by atoms with Crippen molar-refractivity contribution in [3.8, 4) is 0 Å². The number of imidazole rings is 1. The first kappa shape index (κ1) is 13.6. The number of aryl methyl sites for hydroxylation is 2. The van der Waals surface area contributed by atoms with Crippen molar-refractivity contribution in [1.82, 2.24) is 9.55 Å². The van der Waals surface area contributed by atoms with Crippen molar-refractivity contribution in [1.29, 1.82) is 0 Å². The van der Waals surface area contributed by atoms with Gasteiger partial charge < -0.3 is 15.4 Å². The summed E-state index contributed by atoms with van der Waals surface area (Å²) in [5, 5.41) is 9.91. The van der Waals surface area contributed by atoms with E-state index in [2.05, 4.69) is 16.5 Å². The Balaban J connectivity index is 1.99. The van der Waals surface area contributed by atoms with Gasteiger partial charge in [-0.2, -0.15) is 0 Å². The van der Waals surface area contributed by atoms with Crippen molar-refractivity contribution in [2.24, 2.45) is 5.73 Å². The Bertz CT molecular complexity index is 409. The topological polar surface area (TPSA) is 64.1 Å². The highest BCUT2D eigenvalue weighted by atomic mass is 16.3. The highest BCUT2D eigenvalue weighted by Gasteiger charge is 2.20. The minimum absolute atomic E-state index is 0.327. The number of nitrogens with two attached hydrogens (primary N) is 1. The maximum absolute atomic E-state index is 9.91. The molecule has 1 aliphatic carbocycles. The molecule has 4 heteroatoms. The van der Waals surface area contributed by atoms with Crippen LogP contribution in [0.25, 0.3) is 0 Å². The Labute approximate surface area is 109 Å². The van der Waals surface area contributed by atoms with Gasteiger partial charge in [-0.1, -0.05) is 0 Å². The molecule has 0 amide bonds. The molecule has 0 spiro atoms. The van der Waals surface area contributed by atoms with Crippen LogP contribution in [0.5, 0.6) is 0 Å². The van der Waals surface area contributed by atoms with Crippen LogP contribution in [0, 0.1) is 6.92 Å². The Morgan fingerprint density at radius 3 is 2.83 bits per heavy atom. The predicted octanol–water partition coefficient (Wildman–Crippen LogP) is 1.56. The summed E-state index contributed by atoms with van der Waals surface area (Å²) in [6.45, 7) is 5.17. The number of rotatable bonds is 5. The van der Waals surface area contributed by atoms with Crippen molar-refractivity contribution in [3.05, 3.63) is 17.2 Å². The molecule has 0 aliphatic heterocycles. The van der Waals surface area contributed by atoms with Gasteiger partial charge >= 0.3 is 0 Å². The molecule has 0 radical (unpaired) electrons. The van der Waals surface area contributed by atoms with E-state index in [-0.39, 0.29) is 0 Å². The van der Waals surface area contributed by atoms with Crippen molar-refractivity contribution in [3.63, 3.8) is 0 Å². The van der Waals surface area contributed by atoms with Crippen LogP contribution in [-0.2, 0) is 19.4 Å². The molecule has 102 valence electrons. The van der Waals surface area contributed by atoms with Crippen LogP contribution in [0.15, 0.2) is 0 Å². The standard InChI is InChI=1S/C14H25N3O/c1-11-16-12-6-3-4-7-13(12)17(11)9-5-8-14(2,18)10-15/h18H,3-10,15H2,1-2H3. The van der Waals surface area contributed by atoms with Gasteiger partial charge in [-0.05, 0) is 52.4 Å². The molecule has 3 N–H and O–H groups in total. The maximum Gasteiger partial charge on any atom is 0.106 e. The first-order valence-electron chi connectivity index (χ1n) is 7.01. The largest absolute Gasteiger partial charge is 0.389 e. The van der Waals surface area contributed by atoms with Crippen LogP contribution in [0.3, 0.4) is 0 Å². The van der Waals surface area contributed by atoms with E-state index in [9.17, 15) is 5.11 Å². The summed E-state index contributed by atoms with van der Waals surface area (Å²) in [6, 6.07) is 0. The summed E-state index contributed by atoms with van der Waals surface area (Å²) in [4.78, 5) is 4.66. The molecule has 1 aromatic rings. The van der Waals surface area contributed by atoms with E-state index in [1.165, 1.54) is 24.2 Å². The van der Waals surface area contributed by atoms with Gasteiger partial charge in [0.05, 0.1) is 11.3 Å². The molecule has 0 bridgehead atoms. The quantitative estimate of drug-likeness (QED) is 0.834. The Morgan fingerprint density at radius 1 is 1.39 bits per heavy atom. The van der Waals surface area contributed by atoms with Gasteiger partial charge in [0.1, 0.15) is 5.82 Å². The molecule has 0 aromatic carbocycles. The van der Waals surface area contributed by atoms with Crippen LogP contribution < -0.4 is 5.73 Å². The Kier molecular flexibility index (Phi) is 4.07. The lowest BCUT2D eigenvalue weighted by molar-refractivity contribution is 0.0565. The lowest BCUT2D eigenvalue weighted by atomic mass is 9.99. The fraction of sp³-hybridized carbons (Fsp3) is 0.786. The van der Waals surface area contributed by atoms with E-state index in [0.717, 1.165) is 38.1 Å². The zero-order chi connectivity index (χ0) is 13.2. The third-order valence-corrected chi connectivity index (χ3v) is 3.96. The zero-order valence-electron chi connectivity index (χ0n) is 11.6. The zero-order valence-corrected chi connectivity index (χ0v) is 11.6. The SMILES string of the molecule is Cc1nc2c(n1CCCC(C)(O)CN)CCCC2. The van der Waals surface area contributed by atoms with Gasteiger partial charge in [-0.15, -0.1) is 0 Å². The minimum Gasteiger partial charge on any atom is -0.389 e. The van der Waals surface area contributed by atoms with Gasteiger partial charge in [0.15, 0.2) is 0 Å². The maximum atomic E-state index is 9.91. The molecule has 1 aliphatic rings. The molecule has 1 aromatic heterocycles. The fourth-order valence-electron chi connectivity index (χ4n) is 2.75. The minimum atomic E-state index is -0.728. The smallest absolute Gasteiger partial charge is 0.106 e. The summed E-state index contributed by atoms with van der Waals surface area (Å²) < 4.78 is 2.33. The van der Waals surface area contributed by atoms with Crippen molar-refractivity contribution < 1.29 is 5.11 Å². The number of hydrogen-bond donors (Lipinski definition) is 2. The second kappa shape index (κ2) is 5.41. The third-order valence-electron chi connectivity index (χ3n) is 3.96. The second-order valence-electron chi connectivity index (χ2n) is 5.72. The number of hydrogen-bond acceptors (Lipinski definition) is 3. The first-order chi connectivity index (χ1) is 8.53. The van der Waals surface area contributed by atoms with Gasteiger partial charge in [0, 0.05) is 18.8 Å². The summed E-state index contributed by atoms with van der Waals surface area (Å²) >= 11 is 0. The summed E-state index contributed by atoms with van der Waals surface area (Å²) in [5.41, 5.74) is 7.53. The highest BCUT2D eigenvalue weighted by Crippen LogP contribution is 2.23. The molecule has 1 unspecified atom stereocenters. The number of fused-ring (bicyclic) bond motifs is 1. The number of nitrogens with zero attached hydrogens (tertiary/aromatic N) is 2. The van der Waals surface area contributed by atoms with Crippen molar-refractivity contribution >= 4 is 0 Å². The van der Waals surface area contributed by atoms with E-state index < -0.39 is 5.60 Å². The van der Waals surface area contributed by atoms with E-state index in [1.54, 1.807) is 0 Å².